The summed E-state index contributed by atoms with van der Waals surface area (Å²) in [4.78, 5) is 12.3. The highest BCUT2D eigenvalue weighted by molar-refractivity contribution is 5.92. The molecule has 0 unspecified atom stereocenters. The first-order valence-corrected chi connectivity index (χ1v) is 9.01. The first-order valence-electron chi connectivity index (χ1n) is 9.01. The average molecular weight is 367 g/mol. The minimum absolute atomic E-state index is 0.218. The van der Waals surface area contributed by atoms with Gasteiger partial charge < -0.3 is 10.1 Å². The maximum Gasteiger partial charge on any atom is 0.272 e. The van der Waals surface area contributed by atoms with Crippen molar-refractivity contribution in [1.82, 2.24) is 24.9 Å². The van der Waals surface area contributed by atoms with E-state index in [1.807, 2.05) is 50.6 Å². The van der Waals surface area contributed by atoms with Crippen LogP contribution in [-0.4, -0.2) is 25.5 Å². The van der Waals surface area contributed by atoms with Gasteiger partial charge in [-0.1, -0.05) is 12.1 Å². The Bertz CT molecular complexity index is 942. The molecule has 0 radical (unpaired) electrons. The summed E-state index contributed by atoms with van der Waals surface area (Å²) in [6, 6.07) is 7.75. The molecule has 0 atom stereocenters. The van der Waals surface area contributed by atoms with Gasteiger partial charge in [-0.3, -0.25) is 9.48 Å². The smallest absolute Gasteiger partial charge is 0.272 e. The van der Waals surface area contributed by atoms with Crippen molar-refractivity contribution in [2.75, 3.05) is 0 Å². The second-order valence-electron chi connectivity index (χ2n) is 6.54. The zero-order valence-corrected chi connectivity index (χ0v) is 16.2. The van der Waals surface area contributed by atoms with E-state index in [0.717, 1.165) is 34.7 Å². The number of aryl methyl sites for hydroxylation is 3. The summed E-state index contributed by atoms with van der Waals surface area (Å²) < 4.78 is 9.33. The molecule has 0 saturated carbocycles. The molecule has 0 bridgehead atoms. The van der Waals surface area contributed by atoms with Crippen LogP contribution in [0.15, 0.2) is 36.7 Å². The summed E-state index contributed by atoms with van der Waals surface area (Å²) in [5, 5.41) is 11.5. The third kappa shape index (κ3) is 4.36. The molecule has 3 rings (SSSR count). The molecule has 1 amide bonds. The highest BCUT2D eigenvalue weighted by Gasteiger charge is 2.12. The molecule has 7 heteroatoms. The predicted molar refractivity (Wildman–Crippen MR) is 103 cm³/mol. The van der Waals surface area contributed by atoms with Gasteiger partial charge in [0.15, 0.2) is 6.73 Å². The SMILES string of the molecule is CCn1ncc(CNC(=O)c2ccn(COc3cc(C)ccc3C)n2)c1C. The number of ether oxygens (including phenoxy) is 1. The molecule has 7 nitrogen and oxygen atoms in total. The van der Waals surface area contributed by atoms with Crippen LogP contribution < -0.4 is 10.1 Å². The molecule has 0 aliphatic carbocycles. The lowest BCUT2D eigenvalue weighted by Gasteiger charge is -2.09. The van der Waals surface area contributed by atoms with E-state index in [-0.39, 0.29) is 12.6 Å². The van der Waals surface area contributed by atoms with Gasteiger partial charge in [0.2, 0.25) is 0 Å². The molecule has 0 spiro atoms. The minimum Gasteiger partial charge on any atom is -0.471 e. The van der Waals surface area contributed by atoms with E-state index in [4.69, 9.17) is 4.74 Å². The van der Waals surface area contributed by atoms with E-state index in [1.165, 1.54) is 0 Å². The Morgan fingerprint density at radius 1 is 1.22 bits per heavy atom. The van der Waals surface area contributed by atoms with Crippen LogP contribution in [0.1, 0.15) is 39.8 Å². The van der Waals surface area contributed by atoms with Crippen molar-refractivity contribution in [3.8, 4) is 5.75 Å². The van der Waals surface area contributed by atoms with Crippen molar-refractivity contribution in [1.29, 1.82) is 0 Å². The number of nitrogens with one attached hydrogen (secondary N) is 1. The Balaban J connectivity index is 1.57. The Kier molecular flexibility index (Phi) is 5.59. The maximum absolute atomic E-state index is 12.3. The topological polar surface area (TPSA) is 74.0 Å². The average Bonchev–Trinajstić information content (AvgIpc) is 3.27. The van der Waals surface area contributed by atoms with Crippen molar-refractivity contribution < 1.29 is 9.53 Å². The van der Waals surface area contributed by atoms with Crippen molar-refractivity contribution in [2.45, 2.75) is 47.5 Å². The van der Waals surface area contributed by atoms with Crippen molar-refractivity contribution in [2.24, 2.45) is 0 Å². The van der Waals surface area contributed by atoms with Crippen LogP contribution in [-0.2, 0) is 19.8 Å². The summed E-state index contributed by atoms with van der Waals surface area (Å²) in [6.45, 7) is 9.54. The third-order valence-corrected chi connectivity index (χ3v) is 4.51. The second-order valence-corrected chi connectivity index (χ2v) is 6.54. The fraction of sp³-hybridized carbons (Fsp3) is 0.350. The standard InChI is InChI=1S/C20H25N5O2/c1-5-25-16(4)17(12-22-25)11-21-20(26)18-8-9-24(23-18)13-27-19-10-14(2)6-7-15(19)3/h6-10,12H,5,11,13H2,1-4H3,(H,21,26). The number of aromatic nitrogens is 4. The predicted octanol–water partition coefficient (Wildman–Crippen LogP) is 2.99. The zero-order chi connectivity index (χ0) is 19.4. The number of benzene rings is 1. The maximum atomic E-state index is 12.3. The molecular weight excluding hydrogens is 342 g/mol. The number of nitrogens with zero attached hydrogens (tertiary/aromatic N) is 4. The molecule has 0 fully saturated rings. The molecule has 1 aromatic carbocycles. The number of amides is 1. The van der Waals surface area contributed by atoms with Crippen LogP contribution in [0.3, 0.4) is 0 Å². The van der Waals surface area contributed by atoms with Crippen molar-refractivity contribution in [3.63, 3.8) is 0 Å². The minimum atomic E-state index is -0.218. The quantitative estimate of drug-likeness (QED) is 0.697. The first-order chi connectivity index (χ1) is 13.0. The van der Waals surface area contributed by atoms with Crippen LogP contribution >= 0.6 is 0 Å². The molecule has 142 valence electrons. The number of hydrogen-bond donors (Lipinski definition) is 1. The largest absolute Gasteiger partial charge is 0.471 e. The lowest BCUT2D eigenvalue weighted by Crippen LogP contribution is -2.24. The van der Waals surface area contributed by atoms with Gasteiger partial charge >= 0.3 is 0 Å². The van der Waals surface area contributed by atoms with E-state index in [0.29, 0.717) is 12.2 Å². The molecular formula is C20H25N5O2. The van der Waals surface area contributed by atoms with E-state index < -0.39 is 0 Å². The summed E-state index contributed by atoms with van der Waals surface area (Å²) in [7, 11) is 0. The van der Waals surface area contributed by atoms with Gasteiger partial charge in [-0.05, 0) is 51.0 Å². The number of hydrogen-bond acceptors (Lipinski definition) is 4. The van der Waals surface area contributed by atoms with Crippen LogP contribution in [0.4, 0.5) is 0 Å². The lowest BCUT2D eigenvalue weighted by molar-refractivity contribution is 0.0944. The first kappa shape index (κ1) is 18.7. The van der Waals surface area contributed by atoms with Gasteiger partial charge in [0.1, 0.15) is 11.4 Å². The summed E-state index contributed by atoms with van der Waals surface area (Å²) >= 11 is 0. The summed E-state index contributed by atoms with van der Waals surface area (Å²) in [5.74, 6) is 0.601. The molecule has 2 aromatic heterocycles. The Morgan fingerprint density at radius 2 is 2.04 bits per heavy atom. The van der Waals surface area contributed by atoms with Gasteiger partial charge in [-0.25, -0.2) is 4.68 Å². The van der Waals surface area contributed by atoms with Crippen molar-refractivity contribution in [3.05, 3.63) is 64.7 Å². The van der Waals surface area contributed by atoms with E-state index in [1.54, 1.807) is 23.1 Å². The van der Waals surface area contributed by atoms with Crippen LogP contribution in [0.2, 0.25) is 0 Å². The van der Waals surface area contributed by atoms with E-state index in [2.05, 4.69) is 15.5 Å². The molecule has 0 aliphatic rings. The third-order valence-electron chi connectivity index (χ3n) is 4.51. The summed E-state index contributed by atoms with van der Waals surface area (Å²) in [6.07, 6.45) is 3.52. The van der Waals surface area contributed by atoms with Gasteiger partial charge in [0.25, 0.3) is 5.91 Å². The molecule has 27 heavy (non-hydrogen) atoms. The monoisotopic (exact) mass is 367 g/mol. The highest BCUT2D eigenvalue weighted by atomic mass is 16.5. The normalized spacial score (nSPS) is 10.8. The summed E-state index contributed by atoms with van der Waals surface area (Å²) in [5.41, 5.74) is 4.62. The van der Waals surface area contributed by atoms with Gasteiger partial charge in [0, 0.05) is 30.5 Å². The van der Waals surface area contributed by atoms with Crippen LogP contribution in [0, 0.1) is 20.8 Å². The second kappa shape index (κ2) is 8.07. The Morgan fingerprint density at radius 3 is 2.78 bits per heavy atom. The Labute approximate surface area is 159 Å². The van der Waals surface area contributed by atoms with Crippen LogP contribution in [0.5, 0.6) is 5.75 Å². The van der Waals surface area contributed by atoms with Crippen LogP contribution in [0.25, 0.3) is 0 Å². The van der Waals surface area contributed by atoms with Gasteiger partial charge in [-0.2, -0.15) is 10.2 Å². The molecule has 0 saturated heterocycles. The fourth-order valence-corrected chi connectivity index (χ4v) is 2.80. The molecule has 0 aliphatic heterocycles. The highest BCUT2D eigenvalue weighted by Crippen LogP contribution is 2.19. The van der Waals surface area contributed by atoms with Crippen molar-refractivity contribution >= 4 is 5.91 Å². The zero-order valence-electron chi connectivity index (χ0n) is 16.2. The number of carbonyl (C=O) groups excluding carboxylic acids is 1. The fourth-order valence-electron chi connectivity index (χ4n) is 2.80. The number of rotatable bonds is 7. The van der Waals surface area contributed by atoms with Gasteiger partial charge in [-0.15, -0.1) is 0 Å². The molecule has 1 N–H and O–H groups in total. The van der Waals surface area contributed by atoms with E-state index in [9.17, 15) is 4.79 Å². The molecule has 3 aromatic rings. The number of carbonyl (C=O) groups is 1. The van der Waals surface area contributed by atoms with Gasteiger partial charge in [0.05, 0.1) is 6.20 Å². The molecule has 2 heterocycles. The lowest BCUT2D eigenvalue weighted by atomic mass is 10.1. The van der Waals surface area contributed by atoms with E-state index >= 15 is 0 Å². The Hall–Kier alpha value is -3.09.